The summed E-state index contributed by atoms with van der Waals surface area (Å²) in [6.45, 7) is 3.08. The first-order valence-corrected chi connectivity index (χ1v) is 7.34. The summed E-state index contributed by atoms with van der Waals surface area (Å²) >= 11 is 0. The van der Waals surface area contributed by atoms with E-state index in [1.807, 2.05) is 0 Å². The molecule has 124 valence electrons. The van der Waals surface area contributed by atoms with Crippen molar-refractivity contribution in [2.45, 2.75) is 20.0 Å². The number of ether oxygens (including phenoxy) is 2. The van der Waals surface area contributed by atoms with E-state index in [2.05, 4.69) is 0 Å². The molecule has 3 rings (SSSR count). The highest BCUT2D eigenvalue weighted by molar-refractivity contribution is 6.06. The van der Waals surface area contributed by atoms with Gasteiger partial charge in [0.05, 0.1) is 18.5 Å². The number of carbonyl (C=O) groups excluding carboxylic acids is 1. The van der Waals surface area contributed by atoms with Crippen LogP contribution in [0.2, 0.25) is 0 Å². The van der Waals surface area contributed by atoms with Gasteiger partial charge in [-0.3, -0.25) is 0 Å². The number of aliphatic carboxylic acids is 1. The van der Waals surface area contributed by atoms with E-state index in [4.69, 9.17) is 13.9 Å². The van der Waals surface area contributed by atoms with Crippen LogP contribution in [0.25, 0.3) is 21.7 Å². The monoisotopic (exact) mass is 327 g/mol. The Morgan fingerprint density at radius 1 is 1.17 bits per heavy atom. The summed E-state index contributed by atoms with van der Waals surface area (Å²) in [5.41, 5.74) is 0.417. The number of hydrogen-bond donors (Lipinski definition) is 0. The van der Waals surface area contributed by atoms with E-state index in [0.717, 1.165) is 10.8 Å². The Morgan fingerprint density at radius 3 is 2.54 bits per heavy atom. The third-order valence-electron chi connectivity index (χ3n) is 3.92. The van der Waals surface area contributed by atoms with Gasteiger partial charge in [-0.05, 0) is 44.2 Å². The van der Waals surface area contributed by atoms with Crippen molar-refractivity contribution in [3.63, 3.8) is 0 Å². The second-order valence-electron chi connectivity index (χ2n) is 5.45. The number of fused-ring (bicyclic) bond motifs is 3. The summed E-state index contributed by atoms with van der Waals surface area (Å²) in [7, 11) is 1.52. The third-order valence-corrected chi connectivity index (χ3v) is 3.92. The Hall–Kier alpha value is -3.02. The third kappa shape index (κ3) is 2.56. The fraction of sp³-hybridized carbons (Fsp3) is 0.222. The molecule has 6 nitrogen and oxygen atoms in total. The topological polar surface area (TPSA) is 88.8 Å². The number of aryl methyl sites for hydroxylation is 1. The first-order valence-electron chi connectivity index (χ1n) is 7.34. The molecule has 6 heteroatoms. The summed E-state index contributed by atoms with van der Waals surface area (Å²) in [4.78, 5) is 23.1. The molecule has 2 aromatic carbocycles. The molecule has 0 N–H and O–H groups in total. The molecule has 0 saturated carbocycles. The van der Waals surface area contributed by atoms with E-state index < -0.39 is 17.7 Å². The molecular formula is C18H15O6-. The van der Waals surface area contributed by atoms with Gasteiger partial charge in [-0.25, -0.2) is 4.79 Å². The van der Waals surface area contributed by atoms with Crippen LogP contribution in [0.15, 0.2) is 39.5 Å². The van der Waals surface area contributed by atoms with Crippen LogP contribution in [0.4, 0.5) is 0 Å². The SMILES string of the molecule is COc1ccc2c(c1)c(=O)oc1c(C)c(O[C@@H](C)C(=O)[O-])ccc12. The van der Waals surface area contributed by atoms with E-state index in [1.54, 1.807) is 37.3 Å². The molecule has 3 aromatic rings. The molecular weight excluding hydrogens is 312 g/mol. The minimum Gasteiger partial charge on any atom is -0.546 e. The van der Waals surface area contributed by atoms with Gasteiger partial charge in [-0.15, -0.1) is 0 Å². The molecule has 0 amide bonds. The van der Waals surface area contributed by atoms with Crippen molar-refractivity contribution < 1.29 is 23.8 Å². The van der Waals surface area contributed by atoms with Gasteiger partial charge in [0.2, 0.25) is 0 Å². The molecule has 24 heavy (non-hydrogen) atoms. The van der Waals surface area contributed by atoms with Crippen molar-refractivity contribution in [3.8, 4) is 11.5 Å². The van der Waals surface area contributed by atoms with Crippen LogP contribution in [-0.2, 0) is 4.79 Å². The Labute approximate surface area is 137 Å². The minimum absolute atomic E-state index is 0.329. The van der Waals surface area contributed by atoms with E-state index >= 15 is 0 Å². The predicted molar refractivity (Wildman–Crippen MR) is 86.4 cm³/mol. The Morgan fingerprint density at radius 2 is 1.88 bits per heavy atom. The van der Waals surface area contributed by atoms with Crippen molar-refractivity contribution >= 4 is 27.7 Å². The van der Waals surface area contributed by atoms with Crippen LogP contribution >= 0.6 is 0 Å². The Balaban J connectivity index is 2.24. The highest BCUT2D eigenvalue weighted by Gasteiger charge is 2.15. The van der Waals surface area contributed by atoms with Crippen LogP contribution < -0.4 is 20.2 Å². The lowest BCUT2D eigenvalue weighted by molar-refractivity contribution is -0.312. The molecule has 0 aliphatic rings. The number of hydrogen-bond acceptors (Lipinski definition) is 6. The molecule has 0 radical (unpaired) electrons. The minimum atomic E-state index is -1.32. The quantitative estimate of drug-likeness (QED) is 0.536. The predicted octanol–water partition coefficient (Wildman–Crippen LogP) is 1.78. The lowest BCUT2D eigenvalue weighted by Crippen LogP contribution is -2.37. The summed E-state index contributed by atoms with van der Waals surface area (Å²) in [5, 5.41) is 12.7. The van der Waals surface area contributed by atoms with Gasteiger partial charge in [-0.2, -0.15) is 0 Å². The van der Waals surface area contributed by atoms with Crippen molar-refractivity contribution in [1.29, 1.82) is 0 Å². The van der Waals surface area contributed by atoms with E-state index in [1.165, 1.54) is 14.0 Å². The van der Waals surface area contributed by atoms with Crippen LogP contribution in [0.3, 0.4) is 0 Å². The maximum absolute atomic E-state index is 12.3. The number of carboxylic acids is 1. The number of benzene rings is 2. The Bertz CT molecular complexity index is 1000. The average molecular weight is 327 g/mol. The van der Waals surface area contributed by atoms with Crippen LogP contribution in [0, 0.1) is 6.92 Å². The van der Waals surface area contributed by atoms with Gasteiger partial charge in [0.25, 0.3) is 0 Å². The maximum Gasteiger partial charge on any atom is 0.344 e. The smallest absolute Gasteiger partial charge is 0.344 e. The highest BCUT2D eigenvalue weighted by atomic mass is 16.5. The zero-order chi connectivity index (χ0) is 17.4. The molecule has 1 heterocycles. The van der Waals surface area contributed by atoms with Gasteiger partial charge in [0, 0.05) is 16.3 Å². The summed E-state index contributed by atoms with van der Waals surface area (Å²) in [6.07, 6.45) is -1.11. The number of carbonyl (C=O) groups is 1. The lowest BCUT2D eigenvalue weighted by atomic mass is 10.0. The molecule has 0 bridgehead atoms. The molecule has 1 aromatic heterocycles. The zero-order valence-corrected chi connectivity index (χ0v) is 13.4. The van der Waals surface area contributed by atoms with E-state index in [9.17, 15) is 14.7 Å². The fourth-order valence-electron chi connectivity index (χ4n) is 2.59. The normalized spacial score (nSPS) is 12.3. The molecule has 0 saturated heterocycles. The summed E-state index contributed by atoms with van der Waals surface area (Å²) in [6, 6.07) is 8.56. The molecule has 0 aliphatic carbocycles. The fourth-order valence-corrected chi connectivity index (χ4v) is 2.59. The molecule has 0 fully saturated rings. The standard InChI is InChI=1S/C18H16O6/c1-9-15(23-10(2)17(19)20)7-6-13-12-5-4-11(22-3)8-14(12)18(21)24-16(9)13/h4-8,10H,1-3H3,(H,19,20)/p-1/t10-/m0/s1. The van der Waals surface area contributed by atoms with Gasteiger partial charge < -0.3 is 23.8 Å². The second kappa shape index (κ2) is 5.88. The largest absolute Gasteiger partial charge is 0.546 e. The maximum atomic E-state index is 12.3. The van der Waals surface area contributed by atoms with Crippen LogP contribution in [-0.4, -0.2) is 19.2 Å². The first kappa shape index (κ1) is 15.9. The van der Waals surface area contributed by atoms with Gasteiger partial charge in [-0.1, -0.05) is 0 Å². The molecule has 0 aliphatic heterocycles. The summed E-state index contributed by atoms with van der Waals surface area (Å²) < 4.78 is 15.9. The van der Waals surface area contributed by atoms with Gasteiger partial charge >= 0.3 is 5.63 Å². The summed E-state index contributed by atoms with van der Waals surface area (Å²) in [5.74, 6) is -0.426. The number of rotatable bonds is 4. The van der Waals surface area contributed by atoms with Crippen molar-refractivity contribution in [2.24, 2.45) is 0 Å². The van der Waals surface area contributed by atoms with Crippen molar-refractivity contribution in [1.82, 2.24) is 0 Å². The second-order valence-corrected chi connectivity index (χ2v) is 5.45. The first-order chi connectivity index (χ1) is 11.4. The van der Waals surface area contributed by atoms with E-state index in [-0.39, 0.29) is 0 Å². The Kier molecular flexibility index (Phi) is 3.89. The van der Waals surface area contributed by atoms with Crippen LogP contribution in [0.5, 0.6) is 11.5 Å². The van der Waals surface area contributed by atoms with Crippen LogP contribution in [0.1, 0.15) is 12.5 Å². The highest BCUT2D eigenvalue weighted by Crippen LogP contribution is 2.32. The molecule has 0 unspecified atom stereocenters. The number of methoxy groups -OCH3 is 1. The van der Waals surface area contributed by atoms with Gasteiger partial charge in [0.15, 0.2) is 0 Å². The number of carboxylic acid groups (broad SMARTS) is 1. The molecule has 0 spiro atoms. The van der Waals surface area contributed by atoms with E-state index in [0.29, 0.717) is 28.0 Å². The zero-order valence-electron chi connectivity index (χ0n) is 13.4. The lowest BCUT2D eigenvalue weighted by Gasteiger charge is -2.17. The van der Waals surface area contributed by atoms with Gasteiger partial charge in [0.1, 0.15) is 23.2 Å². The van der Waals surface area contributed by atoms with Crippen molar-refractivity contribution in [2.75, 3.05) is 7.11 Å². The average Bonchev–Trinajstić information content (AvgIpc) is 2.57. The van der Waals surface area contributed by atoms with Crippen molar-refractivity contribution in [3.05, 3.63) is 46.3 Å². The molecule has 1 atom stereocenters.